The van der Waals surface area contributed by atoms with Crippen LogP contribution in [0.5, 0.6) is 5.75 Å². The Hall–Kier alpha value is -1.53. The molecule has 2 rings (SSSR count). The first kappa shape index (κ1) is 14.9. The summed E-state index contributed by atoms with van der Waals surface area (Å²) in [6, 6.07) is 4.93. The fourth-order valence-corrected chi connectivity index (χ4v) is 3.13. The summed E-state index contributed by atoms with van der Waals surface area (Å²) >= 11 is 0. The van der Waals surface area contributed by atoms with E-state index in [2.05, 4.69) is 5.10 Å². The minimum absolute atomic E-state index is 0.113. The van der Waals surface area contributed by atoms with Crippen LogP contribution in [0.15, 0.2) is 29.3 Å². The van der Waals surface area contributed by atoms with Crippen LogP contribution in [-0.2, 0) is 22.7 Å². The zero-order valence-corrected chi connectivity index (χ0v) is 13.0. The predicted molar refractivity (Wildman–Crippen MR) is 76.5 cm³/mol. The second kappa shape index (κ2) is 5.46. The smallest absolute Gasteiger partial charge is 0.261 e. The van der Waals surface area contributed by atoms with Crippen molar-refractivity contribution in [1.29, 1.82) is 0 Å². The summed E-state index contributed by atoms with van der Waals surface area (Å²) in [5, 5.41) is 4.21. The molecule has 20 heavy (non-hydrogen) atoms. The molecule has 2 aromatic rings. The highest BCUT2D eigenvalue weighted by Gasteiger charge is 2.17. The molecule has 0 saturated heterocycles. The Balaban J connectivity index is 2.24. The second-order valence-corrected chi connectivity index (χ2v) is 7.05. The lowest BCUT2D eigenvalue weighted by atomic mass is 10.1. The van der Waals surface area contributed by atoms with Gasteiger partial charge in [0.1, 0.15) is 12.4 Å². The Morgan fingerprint density at radius 3 is 2.50 bits per heavy atom. The van der Waals surface area contributed by atoms with Crippen LogP contribution in [0, 0.1) is 13.8 Å². The molecule has 0 radical (unpaired) electrons. The van der Waals surface area contributed by atoms with Crippen molar-refractivity contribution in [2.45, 2.75) is 25.3 Å². The van der Waals surface area contributed by atoms with Crippen molar-refractivity contribution >= 4 is 19.7 Å². The monoisotopic (exact) mass is 314 g/mol. The lowest BCUT2D eigenvalue weighted by molar-refractivity contribution is 0.297. The first-order chi connectivity index (χ1) is 9.29. The molecular weight excluding hydrogens is 300 g/mol. The van der Waals surface area contributed by atoms with Crippen molar-refractivity contribution in [2.75, 3.05) is 0 Å². The number of rotatable bonds is 4. The normalized spacial score (nSPS) is 11.6. The van der Waals surface area contributed by atoms with Gasteiger partial charge in [-0.05, 0) is 43.2 Å². The molecular formula is C13H15ClN2O3S. The SMILES string of the molecule is Cc1c(OCc2ccn(C)n2)ccc(S(=O)(=O)Cl)c1C. The molecule has 5 nitrogen and oxygen atoms in total. The third kappa shape index (κ3) is 3.13. The topological polar surface area (TPSA) is 61.2 Å². The van der Waals surface area contributed by atoms with Gasteiger partial charge in [0.05, 0.1) is 10.6 Å². The van der Waals surface area contributed by atoms with Gasteiger partial charge in [-0.15, -0.1) is 0 Å². The molecule has 0 unspecified atom stereocenters. The van der Waals surface area contributed by atoms with E-state index in [0.717, 1.165) is 11.3 Å². The molecule has 0 atom stereocenters. The molecule has 0 spiro atoms. The molecule has 1 aromatic carbocycles. The predicted octanol–water partition coefficient (Wildman–Crippen LogP) is 2.54. The van der Waals surface area contributed by atoms with Crippen molar-refractivity contribution in [3.63, 3.8) is 0 Å². The molecule has 0 saturated carbocycles. The van der Waals surface area contributed by atoms with Crippen molar-refractivity contribution in [1.82, 2.24) is 9.78 Å². The van der Waals surface area contributed by atoms with Crippen molar-refractivity contribution in [3.8, 4) is 5.75 Å². The fourth-order valence-electron chi connectivity index (χ4n) is 1.88. The van der Waals surface area contributed by atoms with E-state index in [1.165, 1.54) is 6.07 Å². The quantitative estimate of drug-likeness (QED) is 0.814. The van der Waals surface area contributed by atoms with Gasteiger partial charge in [-0.2, -0.15) is 5.10 Å². The van der Waals surface area contributed by atoms with Gasteiger partial charge in [0.25, 0.3) is 9.05 Å². The molecule has 7 heteroatoms. The number of ether oxygens (including phenoxy) is 1. The van der Waals surface area contributed by atoms with Crippen molar-refractivity contribution in [3.05, 3.63) is 41.2 Å². The van der Waals surface area contributed by atoms with Gasteiger partial charge in [-0.25, -0.2) is 8.42 Å². The van der Waals surface area contributed by atoms with Crippen molar-refractivity contribution < 1.29 is 13.2 Å². The highest BCUT2D eigenvalue weighted by Crippen LogP contribution is 2.29. The number of nitrogens with zero attached hydrogens (tertiary/aromatic N) is 2. The van der Waals surface area contributed by atoms with E-state index < -0.39 is 9.05 Å². The Morgan fingerprint density at radius 2 is 1.95 bits per heavy atom. The maximum atomic E-state index is 11.4. The van der Waals surface area contributed by atoms with Crippen LogP contribution in [0.4, 0.5) is 0 Å². The van der Waals surface area contributed by atoms with E-state index in [4.69, 9.17) is 15.4 Å². The van der Waals surface area contributed by atoms with Gasteiger partial charge in [-0.1, -0.05) is 0 Å². The molecule has 0 aliphatic rings. The minimum Gasteiger partial charge on any atom is -0.487 e. The van der Waals surface area contributed by atoms with Crippen LogP contribution < -0.4 is 4.74 Å². The standard InChI is InChI=1S/C13H15ClN2O3S/c1-9-10(2)13(20(14,17)18)5-4-12(9)19-8-11-6-7-16(3)15-11/h4-7H,8H2,1-3H3. The fraction of sp³-hybridized carbons (Fsp3) is 0.308. The van der Waals surface area contributed by atoms with Gasteiger partial charge in [0.15, 0.2) is 0 Å². The first-order valence-electron chi connectivity index (χ1n) is 5.95. The molecule has 0 N–H and O–H groups in total. The molecule has 108 valence electrons. The summed E-state index contributed by atoms with van der Waals surface area (Å²) in [4.78, 5) is 0.113. The zero-order valence-electron chi connectivity index (χ0n) is 11.4. The molecule has 1 heterocycles. The summed E-state index contributed by atoms with van der Waals surface area (Å²) < 4.78 is 30.2. The van der Waals surface area contributed by atoms with E-state index in [1.807, 2.05) is 19.3 Å². The third-order valence-electron chi connectivity index (χ3n) is 3.09. The van der Waals surface area contributed by atoms with Crippen LogP contribution in [-0.4, -0.2) is 18.2 Å². The third-order valence-corrected chi connectivity index (χ3v) is 4.56. The largest absolute Gasteiger partial charge is 0.487 e. The number of benzene rings is 1. The molecule has 0 aliphatic heterocycles. The summed E-state index contributed by atoms with van der Waals surface area (Å²) in [7, 11) is 3.48. The van der Waals surface area contributed by atoms with Gasteiger partial charge in [0, 0.05) is 23.9 Å². The molecule has 0 bridgehead atoms. The van der Waals surface area contributed by atoms with Crippen LogP contribution in [0.2, 0.25) is 0 Å². The number of hydrogen-bond donors (Lipinski definition) is 0. The number of halogens is 1. The van der Waals surface area contributed by atoms with Gasteiger partial charge < -0.3 is 4.74 Å². The van der Waals surface area contributed by atoms with Crippen LogP contribution >= 0.6 is 10.7 Å². The van der Waals surface area contributed by atoms with Gasteiger partial charge >= 0.3 is 0 Å². The highest BCUT2D eigenvalue weighted by atomic mass is 35.7. The minimum atomic E-state index is -3.74. The lowest BCUT2D eigenvalue weighted by Gasteiger charge is -2.12. The number of aromatic nitrogens is 2. The van der Waals surface area contributed by atoms with Gasteiger partial charge in [-0.3, -0.25) is 4.68 Å². The van der Waals surface area contributed by atoms with Crippen molar-refractivity contribution in [2.24, 2.45) is 7.05 Å². The molecule has 1 aromatic heterocycles. The summed E-state index contributed by atoms with van der Waals surface area (Å²) in [6.07, 6.45) is 1.83. The molecule has 0 aliphatic carbocycles. The van der Waals surface area contributed by atoms with E-state index in [0.29, 0.717) is 17.9 Å². The Kier molecular flexibility index (Phi) is 4.06. The van der Waals surface area contributed by atoms with E-state index in [-0.39, 0.29) is 4.90 Å². The summed E-state index contributed by atoms with van der Waals surface area (Å²) in [6.45, 7) is 3.83. The second-order valence-electron chi connectivity index (χ2n) is 4.52. The maximum Gasteiger partial charge on any atom is 0.261 e. The zero-order chi connectivity index (χ0) is 14.9. The summed E-state index contributed by atoms with van der Waals surface area (Å²) in [5.74, 6) is 0.622. The van der Waals surface area contributed by atoms with Crippen LogP contribution in [0.1, 0.15) is 16.8 Å². The average Bonchev–Trinajstić information content (AvgIpc) is 2.75. The Labute approximate surface area is 122 Å². The number of aryl methyl sites for hydroxylation is 1. The molecule has 0 fully saturated rings. The van der Waals surface area contributed by atoms with E-state index in [1.54, 1.807) is 24.6 Å². The average molecular weight is 315 g/mol. The van der Waals surface area contributed by atoms with Gasteiger partial charge in [0.2, 0.25) is 0 Å². The van der Waals surface area contributed by atoms with E-state index in [9.17, 15) is 8.42 Å². The highest BCUT2D eigenvalue weighted by molar-refractivity contribution is 8.13. The maximum absolute atomic E-state index is 11.4. The lowest BCUT2D eigenvalue weighted by Crippen LogP contribution is -2.02. The Morgan fingerprint density at radius 1 is 1.25 bits per heavy atom. The van der Waals surface area contributed by atoms with Crippen LogP contribution in [0.25, 0.3) is 0 Å². The number of hydrogen-bond acceptors (Lipinski definition) is 4. The summed E-state index contributed by atoms with van der Waals surface area (Å²) in [5.41, 5.74) is 2.15. The molecule has 0 amide bonds. The Bertz CT molecular complexity index is 738. The first-order valence-corrected chi connectivity index (χ1v) is 8.26. The van der Waals surface area contributed by atoms with Crippen LogP contribution in [0.3, 0.4) is 0 Å². The van der Waals surface area contributed by atoms with E-state index >= 15 is 0 Å².